The molecule has 186 valence electrons. The molecule has 0 fully saturated rings. The van der Waals surface area contributed by atoms with E-state index in [1.807, 2.05) is 0 Å². The number of rotatable bonds is 7. The largest absolute Gasteiger partial charge is 0.400 e. The van der Waals surface area contributed by atoms with Crippen molar-refractivity contribution in [1.82, 2.24) is 15.0 Å². The molecule has 0 saturated heterocycles. The summed E-state index contributed by atoms with van der Waals surface area (Å²) in [5.41, 5.74) is -2.37. The van der Waals surface area contributed by atoms with Crippen molar-refractivity contribution in [2.45, 2.75) is 45.7 Å². The van der Waals surface area contributed by atoms with E-state index in [9.17, 15) is 31.5 Å². The molecule has 1 aromatic heterocycles. The van der Waals surface area contributed by atoms with Gasteiger partial charge in [-0.25, -0.2) is 18.6 Å². The van der Waals surface area contributed by atoms with Crippen molar-refractivity contribution in [2.75, 3.05) is 0 Å². The van der Waals surface area contributed by atoms with Crippen molar-refractivity contribution >= 4 is 17.4 Å². The highest BCUT2D eigenvalue weighted by atomic mass is 35.5. The summed E-state index contributed by atoms with van der Waals surface area (Å²) in [5, 5.41) is 0.192. The molecule has 0 aliphatic carbocycles. The number of hydrogen-bond donors (Lipinski definition) is 1. The Hall–Kier alpha value is -3.14. The van der Waals surface area contributed by atoms with Gasteiger partial charge in [0.15, 0.2) is 5.82 Å². The second kappa shape index (κ2) is 9.49. The maximum atomic E-state index is 13.5. The smallest absolute Gasteiger partial charge is 0.299 e. The van der Waals surface area contributed by atoms with Crippen LogP contribution in [-0.2, 0) is 17.1 Å². The van der Waals surface area contributed by atoms with Gasteiger partial charge in [-0.3, -0.25) is 9.78 Å². The summed E-state index contributed by atoms with van der Waals surface area (Å²) in [6.07, 6.45) is -5.01. The van der Waals surface area contributed by atoms with Crippen LogP contribution in [0, 0.1) is 5.41 Å². The molecule has 0 saturated carbocycles. The molecule has 0 aliphatic rings. The molecule has 0 radical (unpaired) electrons. The first-order chi connectivity index (χ1) is 16.1. The number of benzene rings is 2. The summed E-state index contributed by atoms with van der Waals surface area (Å²) in [5.74, 6) is -4.00. The minimum absolute atomic E-state index is 0.0113. The van der Waals surface area contributed by atoms with Gasteiger partial charge in [-0.05, 0) is 38.0 Å². The second-order valence-electron chi connectivity index (χ2n) is 8.65. The first kappa shape index (κ1) is 26.5. The number of aromatic nitrogens is 3. The molecule has 0 aliphatic heterocycles. The van der Waals surface area contributed by atoms with Crippen LogP contribution < -0.4 is 5.69 Å². The lowest BCUT2D eigenvalue weighted by Crippen LogP contribution is -2.39. The van der Waals surface area contributed by atoms with Crippen molar-refractivity contribution in [1.29, 1.82) is 0 Å². The third-order valence-corrected chi connectivity index (χ3v) is 5.96. The molecule has 1 N–H and O–H groups in total. The fourth-order valence-corrected chi connectivity index (χ4v) is 3.40. The molecule has 35 heavy (non-hydrogen) atoms. The zero-order valence-corrected chi connectivity index (χ0v) is 19.7. The van der Waals surface area contributed by atoms with E-state index < -0.39 is 29.0 Å². The van der Waals surface area contributed by atoms with E-state index in [0.717, 1.165) is 20.8 Å². The van der Waals surface area contributed by atoms with Crippen LogP contribution in [0.4, 0.5) is 22.0 Å². The monoisotopic (exact) mass is 513 g/mol. The Morgan fingerprint density at radius 1 is 0.971 bits per heavy atom. The molecule has 5 nitrogen and oxygen atoms in total. The van der Waals surface area contributed by atoms with Gasteiger partial charge in [0.05, 0.1) is 5.02 Å². The Morgan fingerprint density at radius 2 is 1.60 bits per heavy atom. The van der Waals surface area contributed by atoms with Gasteiger partial charge in [0, 0.05) is 30.0 Å². The van der Waals surface area contributed by atoms with Crippen molar-refractivity contribution in [3.63, 3.8) is 0 Å². The van der Waals surface area contributed by atoms with E-state index in [-0.39, 0.29) is 40.6 Å². The van der Waals surface area contributed by atoms with Crippen molar-refractivity contribution in [3.05, 3.63) is 69.1 Å². The molecule has 2 aromatic carbocycles. The van der Waals surface area contributed by atoms with Crippen LogP contribution in [0.5, 0.6) is 0 Å². The predicted molar refractivity (Wildman–Crippen MR) is 121 cm³/mol. The standard InChI is InChI=1S/C24H21ClF5N3O2/c1-22(2,24(28,29)30)18(34)11-5-13-4-10-17(25)16(12-13)20-31-19(32-21(35)33-20)14-6-8-15(9-7-14)23(3,26)27/h4,6-10,12H,5,11H2,1-3H3,(H,31,32,33,35). The zero-order chi connectivity index (χ0) is 26.2. The van der Waals surface area contributed by atoms with Crippen LogP contribution in [-0.4, -0.2) is 26.9 Å². The molecular weight excluding hydrogens is 493 g/mol. The number of aryl methyl sites for hydroxylation is 1. The molecule has 0 unspecified atom stereocenters. The van der Waals surface area contributed by atoms with E-state index in [1.54, 1.807) is 6.07 Å². The predicted octanol–water partition coefficient (Wildman–Crippen LogP) is 6.35. The lowest BCUT2D eigenvalue weighted by atomic mass is 9.84. The van der Waals surface area contributed by atoms with Gasteiger partial charge >= 0.3 is 11.9 Å². The Morgan fingerprint density at radius 3 is 2.17 bits per heavy atom. The average molecular weight is 514 g/mol. The van der Waals surface area contributed by atoms with Gasteiger partial charge in [-0.2, -0.15) is 18.2 Å². The fourth-order valence-electron chi connectivity index (χ4n) is 3.19. The zero-order valence-electron chi connectivity index (χ0n) is 18.9. The Bertz CT molecular complexity index is 1300. The van der Waals surface area contributed by atoms with Gasteiger partial charge in [0.25, 0.3) is 5.92 Å². The number of carbonyl (C=O) groups is 1. The Balaban J connectivity index is 1.91. The van der Waals surface area contributed by atoms with Gasteiger partial charge in [-0.1, -0.05) is 41.9 Å². The third kappa shape index (κ3) is 5.93. The summed E-state index contributed by atoms with van der Waals surface area (Å²) in [7, 11) is 0. The minimum atomic E-state index is -4.67. The van der Waals surface area contributed by atoms with Crippen LogP contribution in [0.15, 0.2) is 47.3 Å². The van der Waals surface area contributed by atoms with E-state index >= 15 is 0 Å². The molecule has 0 spiro atoms. The highest BCUT2D eigenvalue weighted by Crippen LogP contribution is 2.39. The first-order valence-corrected chi connectivity index (χ1v) is 10.8. The third-order valence-electron chi connectivity index (χ3n) is 5.63. The minimum Gasteiger partial charge on any atom is -0.299 e. The molecule has 0 atom stereocenters. The maximum Gasteiger partial charge on any atom is 0.400 e. The second-order valence-corrected chi connectivity index (χ2v) is 9.06. The van der Waals surface area contributed by atoms with E-state index in [0.29, 0.717) is 11.1 Å². The Labute approximate surface area is 202 Å². The van der Waals surface area contributed by atoms with Crippen LogP contribution in [0.1, 0.15) is 38.3 Å². The highest BCUT2D eigenvalue weighted by Gasteiger charge is 2.51. The number of nitrogens with one attached hydrogen (secondary N) is 1. The van der Waals surface area contributed by atoms with Crippen molar-refractivity contribution in [2.24, 2.45) is 5.41 Å². The van der Waals surface area contributed by atoms with E-state index in [1.165, 1.54) is 36.4 Å². The summed E-state index contributed by atoms with van der Waals surface area (Å²) < 4.78 is 66.3. The van der Waals surface area contributed by atoms with Gasteiger partial charge in [0.2, 0.25) is 0 Å². The van der Waals surface area contributed by atoms with Gasteiger partial charge in [-0.15, -0.1) is 0 Å². The fraction of sp³-hybridized carbons (Fsp3) is 0.333. The lowest BCUT2D eigenvalue weighted by molar-refractivity contribution is -0.210. The van der Waals surface area contributed by atoms with Crippen LogP contribution in [0.2, 0.25) is 5.02 Å². The number of alkyl halides is 5. The maximum absolute atomic E-state index is 13.5. The average Bonchev–Trinajstić information content (AvgIpc) is 2.76. The SMILES string of the molecule is CC(F)(F)c1ccc(-c2nc(-c3cc(CCC(=O)C(C)(C)C(F)(F)F)ccc3Cl)[nH]c(=O)n2)cc1. The number of aromatic amines is 1. The summed E-state index contributed by atoms with van der Waals surface area (Å²) >= 11 is 6.27. The number of ketones is 1. The van der Waals surface area contributed by atoms with Crippen LogP contribution in [0.3, 0.4) is 0 Å². The molecule has 0 bridgehead atoms. The number of H-pyrrole nitrogens is 1. The number of Topliss-reactive ketones (excluding diaryl/α,β-unsaturated/α-hetero) is 1. The van der Waals surface area contributed by atoms with E-state index in [4.69, 9.17) is 11.6 Å². The highest BCUT2D eigenvalue weighted by molar-refractivity contribution is 6.33. The van der Waals surface area contributed by atoms with Crippen molar-refractivity contribution in [3.8, 4) is 22.8 Å². The normalized spacial score (nSPS) is 12.6. The summed E-state index contributed by atoms with van der Waals surface area (Å²) in [6.45, 7) is 2.43. The molecule has 3 rings (SSSR count). The van der Waals surface area contributed by atoms with Gasteiger partial charge in [0.1, 0.15) is 17.0 Å². The first-order valence-electron chi connectivity index (χ1n) is 10.5. The lowest BCUT2D eigenvalue weighted by Gasteiger charge is -2.26. The molecule has 0 amide bonds. The quantitative estimate of drug-likeness (QED) is 0.373. The summed E-state index contributed by atoms with van der Waals surface area (Å²) in [4.78, 5) is 34.9. The molecule has 1 heterocycles. The molecule has 3 aromatic rings. The number of nitrogens with zero attached hydrogens (tertiary/aromatic N) is 2. The van der Waals surface area contributed by atoms with E-state index in [2.05, 4.69) is 15.0 Å². The Kier molecular flexibility index (Phi) is 7.17. The van der Waals surface area contributed by atoms with Crippen molar-refractivity contribution < 1.29 is 26.7 Å². The van der Waals surface area contributed by atoms with Crippen LogP contribution >= 0.6 is 11.6 Å². The topological polar surface area (TPSA) is 75.7 Å². The number of hydrogen-bond acceptors (Lipinski definition) is 4. The molecular formula is C24H21ClF5N3O2. The summed E-state index contributed by atoms with van der Waals surface area (Å²) in [6, 6.07) is 9.67. The number of carbonyl (C=O) groups excluding carboxylic acids is 1. The van der Waals surface area contributed by atoms with Crippen LogP contribution in [0.25, 0.3) is 22.8 Å². The number of halogens is 6. The van der Waals surface area contributed by atoms with Gasteiger partial charge < -0.3 is 0 Å². The molecule has 11 heteroatoms.